The third kappa shape index (κ3) is 5.19. The Kier molecular flexibility index (Phi) is 6.19. The number of amides is 1. The van der Waals surface area contributed by atoms with Gasteiger partial charge in [-0.2, -0.15) is 10.1 Å². The van der Waals surface area contributed by atoms with Gasteiger partial charge < -0.3 is 4.74 Å². The highest BCUT2D eigenvalue weighted by Crippen LogP contribution is 2.19. The summed E-state index contributed by atoms with van der Waals surface area (Å²) < 4.78 is 5.52. The largest absolute Gasteiger partial charge is 0.442 e. The molecule has 2 rings (SSSR count). The lowest BCUT2D eigenvalue weighted by atomic mass is 10.0. The molecule has 0 aromatic heterocycles. The molecule has 0 saturated carbocycles. The van der Waals surface area contributed by atoms with E-state index < -0.39 is 11.7 Å². The maximum Gasteiger partial charge on any atom is 0.431 e. The lowest BCUT2D eigenvalue weighted by Gasteiger charge is -2.30. The lowest BCUT2D eigenvalue weighted by Crippen LogP contribution is -2.41. The van der Waals surface area contributed by atoms with E-state index in [1.54, 1.807) is 12.3 Å². The summed E-state index contributed by atoms with van der Waals surface area (Å²) in [5.41, 5.74) is 0.333. The van der Waals surface area contributed by atoms with Crippen LogP contribution in [0.5, 0.6) is 0 Å². The summed E-state index contributed by atoms with van der Waals surface area (Å²) in [5, 5.41) is 8.11. The Morgan fingerprint density at radius 3 is 2.38 bits per heavy atom. The fourth-order valence-electron chi connectivity index (χ4n) is 2.63. The van der Waals surface area contributed by atoms with E-state index in [1.807, 2.05) is 65.0 Å². The number of hydrogen-bond donors (Lipinski definition) is 0. The SMILES string of the molecule is C=CC(C(C)C)N(/N=C/c1ccc2ccccc2c1)C(=O)OC(C)(C)C. The highest BCUT2D eigenvalue weighted by molar-refractivity contribution is 5.90. The van der Waals surface area contributed by atoms with Crippen molar-refractivity contribution in [2.75, 3.05) is 0 Å². The van der Waals surface area contributed by atoms with Crippen LogP contribution in [0.3, 0.4) is 0 Å². The molecule has 0 bridgehead atoms. The van der Waals surface area contributed by atoms with Gasteiger partial charge in [0, 0.05) is 0 Å². The molecule has 1 atom stereocenters. The van der Waals surface area contributed by atoms with E-state index in [4.69, 9.17) is 4.74 Å². The molecule has 0 radical (unpaired) electrons. The van der Waals surface area contributed by atoms with Crippen LogP contribution in [-0.2, 0) is 4.74 Å². The molecule has 4 nitrogen and oxygen atoms in total. The third-order valence-corrected chi connectivity index (χ3v) is 3.89. The Hall–Kier alpha value is -2.62. The first-order valence-corrected chi connectivity index (χ1v) is 8.89. The Bertz CT molecular complexity index is 803. The number of carbonyl (C=O) groups excluding carboxylic acids is 1. The summed E-state index contributed by atoms with van der Waals surface area (Å²) in [4.78, 5) is 12.6. The van der Waals surface area contributed by atoms with Crippen molar-refractivity contribution in [3.05, 3.63) is 60.7 Å². The van der Waals surface area contributed by atoms with Crippen molar-refractivity contribution in [2.24, 2.45) is 11.0 Å². The first kappa shape index (κ1) is 19.7. The number of fused-ring (bicyclic) bond motifs is 1. The highest BCUT2D eigenvalue weighted by atomic mass is 16.6. The molecule has 0 aliphatic heterocycles. The molecule has 26 heavy (non-hydrogen) atoms. The number of hydrogen-bond acceptors (Lipinski definition) is 3. The van der Waals surface area contributed by atoms with Gasteiger partial charge in [-0.1, -0.05) is 56.3 Å². The highest BCUT2D eigenvalue weighted by Gasteiger charge is 2.28. The fraction of sp³-hybridized carbons (Fsp3) is 0.364. The Morgan fingerprint density at radius 2 is 1.81 bits per heavy atom. The van der Waals surface area contributed by atoms with Gasteiger partial charge in [0.25, 0.3) is 0 Å². The Labute approximate surface area is 156 Å². The molecule has 2 aromatic rings. The molecule has 138 valence electrons. The van der Waals surface area contributed by atoms with Gasteiger partial charge in [-0.3, -0.25) is 0 Å². The van der Waals surface area contributed by atoms with Crippen LogP contribution < -0.4 is 0 Å². The second-order valence-corrected chi connectivity index (χ2v) is 7.65. The smallest absolute Gasteiger partial charge is 0.431 e. The molecule has 1 unspecified atom stereocenters. The number of hydrazone groups is 1. The number of nitrogens with zero attached hydrogens (tertiary/aromatic N) is 2. The first-order chi connectivity index (χ1) is 12.2. The molecule has 0 spiro atoms. The molecule has 0 heterocycles. The minimum atomic E-state index is -0.587. The van der Waals surface area contributed by atoms with Crippen LogP contribution in [0, 0.1) is 5.92 Å². The van der Waals surface area contributed by atoms with Crippen molar-refractivity contribution in [1.29, 1.82) is 0 Å². The molecular weight excluding hydrogens is 324 g/mol. The van der Waals surface area contributed by atoms with E-state index in [0.717, 1.165) is 10.9 Å². The molecule has 0 N–H and O–H groups in total. The van der Waals surface area contributed by atoms with Gasteiger partial charge in [-0.05, 0) is 49.1 Å². The summed E-state index contributed by atoms with van der Waals surface area (Å²) in [6, 6.07) is 14.0. The number of ether oxygens (including phenoxy) is 1. The number of carbonyl (C=O) groups is 1. The summed E-state index contributed by atoms with van der Waals surface area (Å²) in [6.45, 7) is 13.4. The second kappa shape index (κ2) is 8.17. The summed E-state index contributed by atoms with van der Waals surface area (Å²) in [5.74, 6) is 0.161. The summed E-state index contributed by atoms with van der Waals surface area (Å²) >= 11 is 0. The topological polar surface area (TPSA) is 41.9 Å². The molecular formula is C22H28N2O2. The predicted octanol–water partition coefficient (Wildman–Crippen LogP) is 5.62. The fourth-order valence-corrected chi connectivity index (χ4v) is 2.63. The van der Waals surface area contributed by atoms with Gasteiger partial charge in [-0.15, -0.1) is 6.58 Å². The van der Waals surface area contributed by atoms with Crippen molar-refractivity contribution in [3.63, 3.8) is 0 Å². The Balaban J connectivity index is 2.32. The molecule has 2 aromatic carbocycles. The standard InChI is InChI=1S/C22H28N2O2/c1-7-20(16(2)3)24(21(25)26-22(4,5)6)23-15-17-12-13-18-10-8-9-11-19(18)14-17/h7-16,20H,1H2,2-6H3/b23-15+. The second-order valence-electron chi connectivity index (χ2n) is 7.65. The van der Waals surface area contributed by atoms with Crippen molar-refractivity contribution in [1.82, 2.24) is 5.01 Å². The summed E-state index contributed by atoms with van der Waals surface area (Å²) in [6.07, 6.45) is 2.94. The average Bonchev–Trinajstić information content (AvgIpc) is 2.56. The molecule has 0 fully saturated rings. The van der Waals surface area contributed by atoms with Crippen LogP contribution in [0.4, 0.5) is 4.79 Å². The molecule has 0 aliphatic carbocycles. The summed E-state index contributed by atoms with van der Waals surface area (Å²) in [7, 11) is 0. The maximum absolute atomic E-state index is 12.6. The van der Waals surface area contributed by atoms with Crippen molar-refractivity contribution in [3.8, 4) is 0 Å². The van der Waals surface area contributed by atoms with E-state index in [0.29, 0.717) is 0 Å². The van der Waals surface area contributed by atoms with E-state index in [2.05, 4.69) is 23.8 Å². The molecule has 0 saturated heterocycles. The molecule has 0 aliphatic rings. The van der Waals surface area contributed by atoms with E-state index in [1.165, 1.54) is 10.4 Å². The Morgan fingerprint density at radius 1 is 1.15 bits per heavy atom. The van der Waals surface area contributed by atoms with Gasteiger partial charge in [0.05, 0.1) is 12.3 Å². The molecule has 1 amide bonds. The minimum Gasteiger partial charge on any atom is -0.442 e. The van der Waals surface area contributed by atoms with E-state index >= 15 is 0 Å². The quantitative estimate of drug-likeness (QED) is 0.398. The van der Waals surface area contributed by atoms with Gasteiger partial charge in [0.15, 0.2) is 0 Å². The van der Waals surface area contributed by atoms with E-state index in [9.17, 15) is 4.79 Å². The van der Waals surface area contributed by atoms with Gasteiger partial charge >= 0.3 is 6.09 Å². The van der Waals surface area contributed by atoms with Crippen LogP contribution >= 0.6 is 0 Å². The van der Waals surface area contributed by atoms with Crippen LogP contribution in [0.2, 0.25) is 0 Å². The van der Waals surface area contributed by atoms with Crippen LogP contribution in [0.1, 0.15) is 40.2 Å². The van der Waals surface area contributed by atoms with Gasteiger partial charge in [0.2, 0.25) is 0 Å². The van der Waals surface area contributed by atoms with E-state index in [-0.39, 0.29) is 12.0 Å². The van der Waals surface area contributed by atoms with Crippen molar-refractivity contribution >= 4 is 23.1 Å². The third-order valence-electron chi connectivity index (χ3n) is 3.89. The van der Waals surface area contributed by atoms with Gasteiger partial charge in [0.1, 0.15) is 5.60 Å². The van der Waals surface area contributed by atoms with Gasteiger partial charge in [-0.25, -0.2) is 4.79 Å². The zero-order valence-corrected chi connectivity index (χ0v) is 16.3. The molecule has 4 heteroatoms. The minimum absolute atomic E-state index is 0.161. The number of rotatable bonds is 5. The van der Waals surface area contributed by atoms with Crippen molar-refractivity contribution in [2.45, 2.75) is 46.3 Å². The van der Waals surface area contributed by atoms with Crippen LogP contribution in [0.25, 0.3) is 10.8 Å². The first-order valence-electron chi connectivity index (χ1n) is 8.89. The van der Waals surface area contributed by atoms with Crippen LogP contribution in [-0.4, -0.2) is 29.0 Å². The zero-order valence-electron chi connectivity index (χ0n) is 16.3. The number of benzene rings is 2. The monoisotopic (exact) mass is 352 g/mol. The lowest BCUT2D eigenvalue weighted by molar-refractivity contribution is 0.0169. The van der Waals surface area contributed by atoms with Crippen molar-refractivity contribution < 1.29 is 9.53 Å². The predicted molar refractivity (Wildman–Crippen MR) is 108 cm³/mol. The zero-order chi connectivity index (χ0) is 19.3. The maximum atomic E-state index is 12.6. The van der Waals surface area contributed by atoms with Crippen LogP contribution in [0.15, 0.2) is 60.2 Å². The normalized spacial score (nSPS) is 13.2. The average molecular weight is 352 g/mol.